The standard InChI is InChI=1S/C15H27N3OS/c1-17(10-8-14(16)20)15(19)11-18-9-4-6-12-5-2-3-7-13(12)18/h12-13H,2-11H2,1H3,(H2,16,20). The van der Waals surface area contributed by atoms with Crippen LogP contribution in [0.25, 0.3) is 0 Å². The molecule has 0 radical (unpaired) electrons. The zero-order valence-corrected chi connectivity index (χ0v) is 13.3. The molecule has 2 rings (SSSR count). The summed E-state index contributed by atoms with van der Waals surface area (Å²) >= 11 is 4.87. The average Bonchev–Trinajstić information content (AvgIpc) is 2.45. The van der Waals surface area contributed by atoms with Gasteiger partial charge in [0.05, 0.1) is 11.5 Å². The predicted molar refractivity (Wildman–Crippen MR) is 85.6 cm³/mol. The van der Waals surface area contributed by atoms with E-state index in [1.54, 1.807) is 4.90 Å². The van der Waals surface area contributed by atoms with Crippen molar-refractivity contribution in [3.8, 4) is 0 Å². The highest BCUT2D eigenvalue weighted by molar-refractivity contribution is 7.80. The molecule has 0 spiro atoms. The largest absolute Gasteiger partial charge is 0.393 e. The van der Waals surface area contributed by atoms with Crippen molar-refractivity contribution in [1.82, 2.24) is 9.80 Å². The van der Waals surface area contributed by atoms with E-state index in [1.807, 2.05) is 7.05 Å². The molecule has 2 unspecified atom stereocenters. The van der Waals surface area contributed by atoms with Crippen molar-refractivity contribution in [1.29, 1.82) is 0 Å². The number of nitrogens with two attached hydrogens (primary N) is 1. The van der Waals surface area contributed by atoms with Crippen LogP contribution in [0.3, 0.4) is 0 Å². The van der Waals surface area contributed by atoms with Crippen LogP contribution in [-0.4, -0.2) is 53.4 Å². The first kappa shape index (κ1) is 15.7. The van der Waals surface area contributed by atoms with Gasteiger partial charge in [0.25, 0.3) is 0 Å². The summed E-state index contributed by atoms with van der Waals surface area (Å²) in [6.07, 6.45) is 8.53. The molecular formula is C15H27N3OS. The lowest BCUT2D eigenvalue weighted by Crippen LogP contribution is -2.50. The summed E-state index contributed by atoms with van der Waals surface area (Å²) in [6.45, 7) is 2.28. The molecule has 2 atom stereocenters. The molecule has 5 heteroatoms. The minimum Gasteiger partial charge on any atom is -0.393 e. The van der Waals surface area contributed by atoms with Crippen molar-refractivity contribution in [2.75, 3.05) is 26.7 Å². The molecule has 0 bridgehead atoms. The predicted octanol–water partition coefficient (Wildman–Crippen LogP) is 1.78. The number of hydrogen-bond acceptors (Lipinski definition) is 3. The first-order valence-corrected chi connectivity index (χ1v) is 8.25. The smallest absolute Gasteiger partial charge is 0.236 e. The highest BCUT2D eigenvalue weighted by atomic mass is 32.1. The zero-order chi connectivity index (χ0) is 14.5. The molecule has 2 fully saturated rings. The summed E-state index contributed by atoms with van der Waals surface area (Å²) in [6, 6.07) is 0.644. The van der Waals surface area contributed by atoms with Crippen molar-refractivity contribution in [3.05, 3.63) is 0 Å². The summed E-state index contributed by atoms with van der Waals surface area (Å²) in [7, 11) is 1.85. The molecule has 1 heterocycles. The Morgan fingerprint density at radius 3 is 2.75 bits per heavy atom. The zero-order valence-electron chi connectivity index (χ0n) is 12.5. The SMILES string of the molecule is CN(CCC(N)=S)C(=O)CN1CCCC2CCCCC21. The third-order valence-corrected chi connectivity index (χ3v) is 5.02. The van der Waals surface area contributed by atoms with Gasteiger partial charge >= 0.3 is 0 Å². The van der Waals surface area contributed by atoms with Crippen LogP contribution < -0.4 is 5.73 Å². The van der Waals surface area contributed by atoms with Gasteiger partial charge in [0.15, 0.2) is 0 Å². The third-order valence-electron chi connectivity index (χ3n) is 4.82. The van der Waals surface area contributed by atoms with Crippen molar-refractivity contribution >= 4 is 23.1 Å². The molecule has 0 aromatic rings. The van der Waals surface area contributed by atoms with Crippen molar-refractivity contribution in [2.45, 2.75) is 51.0 Å². The van der Waals surface area contributed by atoms with Crippen molar-refractivity contribution < 1.29 is 4.79 Å². The van der Waals surface area contributed by atoms with Gasteiger partial charge in [-0.25, -0.2) is 0 Å². The third kappa shape index (κ3) is 4.16. The van der Waals surface area contributed by atoms with Gasteiger partial charge in [-0.3, -0.25) is 9.69 Å². The number of piperidine rings is 1. The molecule has 1 amide bonds. The Kier molecular flexibility index (Phi) is 5.78. The number of fused-ring (bicyclic) bond motifs is 1. The van der Waals surface area contributed by atoms with E-state index in [0.29, 0.717) is 30.5 Å². The van der Waals surface area contributed by atoms with Crippen molar-refractivity contribution in [3.63, 3.8) is 0 Å². The van der Waals surface area contributed by atoms with Crippen LogP contribution in [-0.2, 0) is 4.79 Å². The molecule has 1 aliphatic carbocycles. The van der Waals surface area contributed by atoms with E-state index in [-0.39, 0.29) is 5.91 Å². The number of likely N-dealkylation sites (tertiary alicyclic amines) is 1. The number of amides is 1. The Labute approximate surface area is 127 Å². The summed E-state index contributed by atoms with van der Waals surface area (Å²) < 4.78 is 0. The lowest BCUT2D eigenvalue weighted by atomic mass is 9.78. The Hall–Kier alpha value is -0.680. The molecule has 114 valence electrons. The first-order chi connectivity index (χ1) is 9.58. The van der Waals surface area contributed by atoms with Crippen LogP contribution in [0.1, 0.15) is 44.9 Å². The summed E-state index contributed by atoms with van der Waals surface area (Å²) in [4.78, 5) is 17.0. The van der Waals surface area contributed by atoms with Crippen LogP contribution >= 0.6 is 12.2 Å². The van der Waals surface area contributed by atoms with E-state index in [9.17, 15) is 4.79 Å². The van der Waals surface area contributed by atoms with E-state index in [4.69, 9.17) is 18.0 Å². The van der Waals surface area contributed by atoms with Crippen LogP contribution in [0.4, 0.5) is 0 Å². The van der Waals surface area contributed by atoms with Gasteiger partial charge in [0.1, 0.15) is 0 Å². The maximum Gasteiger partial charge on any atom is 0.236 e. The lowest BCUT2D eigenvalue weighted by Gasteiger charge is -2.44. The highest BCUT2D eigenvalue weighted by Crippen LogP contribution is 2.35. The van der Waals surface area contributed by atoms with Crippen molar-refractivity contribution in [2.24, 2.45) is 11.7 Å². The van der Waals surface area contributed by atoms with E-state index in [2.05, 4.69) is 4.90 Å². The van der Waals surface area contributed by atoms with Crippen LogP contribution in [0, 0.1) is 5.92 Å². The van der Waals surface area contributed by atoms with Gasteiger partial charge in [-0.1, -0.05) is 25.1 Å². The summed E-state index contributed by atoms with van der Waals surface area (Å²) in [5.41, 5.74) is 5.50. The monoisotopic (exact) mass is 297 g/mol. The molecule has 2 N–H and O–H groups in total. The molecule has 20 heavy (non-hydrogen) atoms. The van der Waals surface area contributed by atoms with Crippen LogP contribution in [0.2, 0.25) is 0 Å². The van der Waals surface area contributed by atoms with E-state index in [0.717, 1.165) is 12.5 Å². The second kappa shape index (κ2) is 7.36. The van der Waals surface area contributed by atoms with Crippen LogP contribution in [0.5, 0.6) is 0 Å². The maximum atomic E-state index is 12.3. The minimum absolute atomic E-state index is 0.201. The van der Waals surface area contributed by atoms with Gasteiger partial charge in [-0.15, -0.1) is 0 Å². The van der Waals surface area contributed by atoms with Gasteiger partial charge < -0.3 is 10.6 Å². The fourth-order valence-corrected chi connectivity index (χ4v) is 3.71. The molecular weight excluding hydrogens is 270 g/mol. The molecule has 1 saturated carbocycles. The molecule has 0 aromatic heterocycles. The average molecular weight is 297 g/mol. The Balaban J connectivity index is 1.84. The fraction of sp³-hybridized carbons (Fsp3) is 0.867. The second-order valence-corrected chi connectivity index (χ2v) is 6.78. The number of thiocarbonyl (C=S) groups is 1. The van der Waals surface area contributed by atoms with Gasteiger partial charge in [-0.05, 0) is 38.1 Å². The molecule has 1 aliphatic heterocycles. The van der Waals surface area contributed by atoms with Gasteiger partial charge in [0.2, 0.25) is 5.91 Å². The Morgan fingerprint density at radius 2 is 2.00 bits per heavy atom. The topological polar surface area (TPSA) is 49.6 Å². The quantitative estimate of drug-likeness (QED) is 0.786. The summed E-state index contributed by atoms with van der Waals surface area (Å²) in [5.74, 6) is 1.03. The highest BCUT2D eigenvalue weighted by Gasteiger charge is 2.34. The summed E-state index contributed by atoms with van der Waals surface area (Å²) in [5, 5.41) is 0. The molecule has 2 aliphatic rings. The molecule has 1 saturated heterocycles. The number of carbonyl (C=O) groups is 1. The lowest BCUT2D eigenvalue weighted by molar-refractivity contribution is -0.132. The normalized spacial score (nSPS) is 26.9. The van der Waals surface area contributed by atoms with E-state index in [1.165, 1.54) is 38.5 Å². The van der Waals surface area contributed by atoms with E-state index < -0.39 is 0 Å². The maximum absolute atomic E-state index is 12.3. The second-order valence-electron chi connectivity index (χ2n) is 6.26. The Morgan fingerprint density at radius 1 is 1.30 bits per heavy atom. The van der Waals surface area contributed by atoms with Crippen LogP contribution in [0.15, 0.2) is 0 Å². The van der Waals surface area contributed by atoms with E-state index >= 15 is 0 Å². The fourth-order valence-electron chi connectivity index (χ4n) is 3.62. The number of likely N-dealkylation sites (N-methyl/N-ethyl adjacent to an activating group) is 1. The minimum atomic E-state index is 0.201. The van der Waals surface area contributed by atoms with Gasteiger partial charge in [-0.2, -0.15) is 0 Å². The number of rotatable bonds is 5. The number of hydrogen-bond donors (Lipinski definition) is 1. The first-order valence-electron chi connectivity index (χ1n) is 7.84. The molecule has 0 aromatic carbocycles. The number of carbonyl (C=O) groups excluding carboxylic acids is 1. The Bertz CT molecular complexity index is 359. The number of nitrogens with zero attached hydrogens (tertiary/aromatic N) is 2. The molecule has 4 nitrogen and oxygen atoms in total. The van der Waals surface area contributed by atoms with Gasteiger partial charge in [0, 0.05) is 26.1 Å².